The third kappa shape index (κ3) is 9.39. The van der Waals surface area contributed by atoms with Gasteiger partial charge in [-0.25, -0.2) is 0 Å². The smallest absolute Gasteiger partial charge is 0.228 e. The molecule has 38 heavy (non-hydrogen) atoms. The molecule has 4 rings (SSSR count). The van der Waals surface area contributed by atoms with E-state index in [1.807, 2.05) is 104 Å². The Bertz CT molecular complexity index is 1340. The molecule has 4 aromatic rings. The van der Waals surface area contributed by atoms with Gasteiger partial charge < -0.3 is 16.4 Å². The van der Waals surface area contributed by atoms with E-state index in [1.54, 1.807) is 12.1 Å². The van der Waals surface area contributed by atoms with Gasteiger partial charge in [0.2, 0.25) is 11.8 Å². The zero-order chi connectivity index (χ0) is 27.2. The van der Waals surface area contributed by atoms with Crippen molar-refractivity contribution in [1.82, 2.24) is 0 Å². The van der Waals surface area contributed by atoms with Crippen molar-refractivity contribution in [2.75, 3.05) is 16.4 Å². The lowest BCUT2D eigenvalue weighted by molar-refractivity contribution is -0.118. The molecule has 194 valence electrons. The first-order valence-electron chi connectivity index (χ1n) is 12.6. The van der Waals surface area contributed by atoms with Crippen molar-refractivity contribution in [3.05, 3.63) is 126 Å². The van der Waals surface area contributed by atoms with Gasteiger partial charge in [-0.1, -0.05) is 97.9 Å². The minimum Gasteiger partial charge on any atom is -0.397 e. The number of hydrogen-bond donors (Lipinski definition) is 3. The highest BCUT2D eigenvalue weighted by Crippen LogP contribution is 2.18. The maximum atomic E-state index is 12.1. The van der Waals surface area contributed by atoms with Crippen LogP contribution in [0.25, 0.3) is 0 Å². The van der Waals surface area contributed by atoms with Crippen LogP contribution in [0, 0.1) is 0 Å². The fourth-order valence-corrected chi connectivity index (χ4v) is 3.70. The third-order valence-electron chi connectivity index (χ3n) is 5.72. The Kier molecular flexibility index (Phi) is 10.8. The van der Waals surface area contributed by atoms with Gasteiger partial charge in [0, 0.05) is 18.5 Å². The zero-order valence-electron chi connectivity index (χ0n) is 21.5. The predicted octanol–water partition coefficient (Wildman–Crippen LogP) is 5.84. The van der Waals surface area contributed by atoms with Crippen molar-refractivity contribution < 1.29 is 14.4 Å². The Hall–Kier alpha value is -4.71. The normalized spacial score (nSPS) is 10.0. The van der Waals surface area contributed by atoms with E-state index in [2.05, 4.69) is 10.6 Å². The number of hydrogen-bond acceptors (Lipinski definition) is 4. The highest BCUT2D eigenvalue weighted by molar-refractivity contribution is 5.95. The second kappa shape index (κ2) is 14.8. The van der Waals surface area contributed by atoms with Gasteiger partial charge in [-0.3, -0.25) is 14.4 Å². The number of anilines is 3. The Morgan fingerprint density at radius 1 is 0.579 bits per heavy atom. The summed E-state index contributed by atoms with van der Waals surface area (Å²) in [5, 5.41) is 5.69. The van der Waals surface area contributed by atoms with Crippen LogP contribution in [-0.2, 0) is 33.6 Å². The molecule has 0 saturated heterocycles. The van der Waals surface area contributed by atoms with E-state index in [0.29, 0.717) is 37.1 Å². The molecule has 0 aliphatic carbocycles. The summed E-state index contributed by atoms with van der Waals surface area (Å²) in [5.41, 5.74) is 10.5. The molecule has 0 saturated carbocycles. The molecule has 0 aromatic heterocycles. The fraction of sp³-hybridized carbons (Fsp3) is 0.156. The fourth-order valence-electron chi connectivity index (χ4n) is 3.70. The molecular weight excluding hydrogens is 474 g/mol. The Balaban J connectivity index is 0.000000215. The van der Waals surface area contributed by atoms with E-state index < -0.39 is 0 Å². The van der Waals surface area contributed by atoms with Crippen LogP contribution in [0.2, 0.25) is 0 Å². The van der Waals surface area contributed by atoms with Crippen molar-refractivity contribution in [2.45, 2.75) is 32.6 Å². The highest BCUT2D eigenvalue weighted by Gasteiger charge is 2.10. The summed E-state index contributed by atoms with van der Waals surface area (Å²) in [7, 11) is 0. The number of nitrogens with one attached hydrogen (secondary N) is 2. The van der Waals surface area contributed by atoms with Crippen LogP contribution in [-0.4, -0.2) is 17.6 Å². The quantitative estimate of drug-likeness (QED) is 0.248. The molecule has 0 atom stereocenters. The molecule has 0 heterocycles. The van der Waals surface area contributed by atoms with Crippen LogP contribution in [0.15, 0.2) is 109 Å². The van der Waals surface area contributed by atoms with Gasteiger partial charge in [-0.15, -0.1) is 0 Å². The molecule has 4 N–H and O–H groups in total. The summed E-state index contributed by atoms with van der Waals surface area (Å²) in [6.07, 6.45) is 1.55. The van der Waals surface area contributed by atoms with E-state index >= 15 is 0 Å². The number of ketones is 1. The van der Waals surface area contributed by atoms with E-state index in [4.69, 9.17) is 5.73 Å². The maximum Gasteiger partial charge on any atom is 0.228 e. The monoisotopic (exact) mass is 507 g/mol. The van der Waals surface area contributed by atoms with Crippen molar-refractivity contribution in [2.24, 2.45) is 0 Å². The Morgan fingerprint density at radius 3 is 1.55 bits per heavy atom. The summed E-state index contributed by atoms with van der Waals surface area (Å²) in [4.78, 5) is 35.5. The molecule has 4 aromatic carbocycles. The highest BCUT2D eigenvalue weighted by atomic mass is 16.2. The number of amides is 2. The topological polar surface area (TPSA) is 101 Å². The molecular formula is C32H33N3O3. The summed E-state index contributed by atoms with van der Waals surface area (Å²) < 4.78 is 0. The van der Waals surface area contributed by atoms with Gasteiger partial charge in [0.25, 0.3) is 0 Å². The summed E-state index contributed by atoms with van der Waals surface area (Å²) >= 11 is 0. The van der Waals surface area contributed by atoms with Gasteiger partial charge in [-0.05, 0) is 34.9 Å². The van der Waals surface area contributed by atoms with Crippen molar-refractivity contribution in [3.63, 3.8) is 0 Å². The zero-order valence-corrected chi connectivity index (χ0v) is 21.5. The summed E-state index contributed by atoms with van der Waals surface area (Å²) in [5.74, 6) is 0.0338. The van der Waals surface area contributed by atoms with Crippen molar-refractivity contribution in [3.8, 4) is 0 Å². The number of para-hydroxylation sites is 3. The number of benzene rings is 4. The van der Waals surface area contributed by atoms with Crippen molar-refractivity contribution >= 4 is 34.7 Å². The molecule has 0 spiro atoms. The lowest BCUT2D eigenvalue weighted by Gasteiger charge is -2.10. The molecule has 0 aliphatic heterocycles. The summed E-state index contributed by atoms with van der Waals surface area (Å²) in [6, 6.07) is 33.9. The van der Waals surface area contributed by atoms with Crippen molar-refractivity contribution in [1.29, 1.82) is 0 Å². The van der Waals surface area contributed by atoms with E-state index in [1.165, 1.54) is 0 Å². The molecule has 0 fully saturated rings. The molecule has 6 heteroatoms. The van der Waals surface area contributed by atoms with Crippen LogP contribution < -0.4 is 16.4 Å². The lowest BCUT2D eigenvalue weighted by atomic mass is 10.0. The second-order valence-electron chi connectivity index (χ2n) is 8.73. The van der Waals surface area contributed by atoms with Gasteiger partial charge >= 0.3 is 0 Å². The number of Topliss-reactive ketones (excluding diaryl/α,β-unsaturated/α-hetero) is 1. The molecule has 0 bridgehead atoms. The number of nitrogens with two attached hydrogens (primary N) is 1. The molecule has 2 amide bonds. The minimum absolute atomic E-state index is 0.0610. The first kappa shape index (κ1) is 27.9. The number of nitrogen functional groups attached to an aromatic ring is 1. The number of rotatable bonds is 9. The van der Waals surface area contributed by atoms with Gasteiger partial charge in [-0.2, -0.15) is 0 Å². The second-order valence-corrected chi connectivity index (χ2v) is 8.73. The average Bonchev–Trinajstić information content (AvgIpc) is 2.92. The SMILES string of the molecule is CCC(=O)Cc1ccccc1NC(=O)Cc1ccccc1.Nc1ccccc1NC(=O)Cc1ccccc1. The van der Waals surface area contributed by atoms with Gasteiger partial charge in [0.1, 0.15) is 5.78 Å². The van der Waals surface area contributed by atoms with E-state index in [9.17, 15) is 14.4 Å². The molecule has 0 aliphatic rings. The van der Waals surface area contributed by atoms with Crippen LogP contribution in [0.4, 0.5) is 17.1 Å². The predicted molar refractivity (Wildman–Crippen MR) is 154 cm³/mol. The van der Waals surface area contributed by atoms with E-state index in [-0.39, 0.29) is 17.6 Å². The number of carbonyl (C=O) groups is 3. The van der Waals surface area contributed by atoms with Crippen LogP contribution in [0.3, 0.4) is 0 Å². The van der Waals surface area contributed by atoms with E-state index in [0.717, 1.165) is 22.4 Å². The first-order chi connectivity index (χ1) is 18.4. The van der Waals surface area contributed by atoms with Crippen LogP contribution >= 0.6 is 0 Å². The third-order valence-corrected chi connectivity index (χ3v) is 5.72. The van der Waals surface area contributed by atoms with Gasteiger partial charge in [0.15, 0.2) is 0 Å². The van der Waals surface area contributed by atoms with Crippen LogP contribution in [0.1, 0.15) is 30.0 Å². The maximum absolute atomic E-state index is 12.1. The molecule has 0 radical (unpaired) electrons. The minimum atomic E-state index is -0.0717. The Labute approximate surface area is 223 Å². The lowest BCUT2D eigenvalue weighted by Crippen LogP contribution is -2.16. The first-order valence-corrected chi connectivity index (χ1v) is 12.6. The Morgan fingerprint density at radius 2 is 1.03 bits per heavy atom. The van der Waals surface area contributed by atoms with Crippen LogP contribution in [0.5, 0.6) is 0 Å². The van der Waals surface area contributed by atoms with Gasteiger partial charge in [0.05, 0.1) is 24.2 Å². The average molecular weight is 508 g/mol. The largest absolute Gasteiger partial charge is 0.397 e. The summed E-state index contributed by atoms with van der Waals surface area (Å²) in [6.45, 7) is 1.85. The molecule has 0 unspecified atom stereocenters. The molecule has 6 nitrogen and oxygen atoms in total. The standard InChI is InChI=1S/C18H19NO2.C14H14N2O/c1-2-16(20)13-15-10-6-7-11-17(15)19-18(21)12-14-8-4-3-5-9-14;15-12-8-4-5-9-13(12)16-14(17)10-11-6-2-1-3-7-11/h3-11H,2,12-13H2,1H3,(H,19,21);1-9H,10,15H2,(H,16,17). The number of carbonyl (C=O) groups excluding carboxylic acids is 3.